The first-order valence-electron chi connectivity index (χ1n) is 5.51. The van der Waals surface area contributed by atoms with Gasteiger partial charge in [-0.3, -0.25) is 9.59 Å². The molecule has 0 heterocycles. The van der Waals surface area contributed by atoms with Crippen molar-refractivity contribution < 1.29 is 23.9 Å². The van der Waals surface area contributed by atoms with Crippen LogP contribution < -0.4 is 5.73 Å². The Hall–Kier alpha value is -1.43. The third-order valence-corrected chi connectivity index (χ3v) is 2.30. The van der Waals surface area contributed by atoms with Crippen molar-refractivity contribution in [2.75, 3.05) is 13.2 Å². The van der Waals surface area contributed by atoms with Crippen molar-refractivity contribution in [1.82, 2.24) is 0 Å². The van der Waals surface area contributed by atoms with Crippen LogP contribution >= 0.6 is 0 Å². The molecule has 0 aliphatic carbocycles. The molecule has 0 aliphatic heterocycles. The zero-order valence-corrected chi connectivity index (χ0v) is 10.4. The Bertz CT molecular complexity index is 302. The summed E-state index contributed by atoms with van der Waals surface area (Å²) in [6.07, 6.45) is -0.206. The van der Waals surface area contributed by atoms with Gasteiger partial charge in [0.15, 0.2) is 11.3 Å². The first-order valence-corrected chi connectivity index (χ1v) is 5.51. The molecule has 0 fully saturated rings. The molecule has 0 saturated heterocycles. The molecule has 0 spiro atoms. The quantitative estimate of drug-likeness (QED) is 0.507. The van der Waals surface area contributed by atoms with E-state index in [1.165, 1.54) is 6.92 Å². The van der Waals surface area contributed by atoms with E-state index in [2.05, 4.69) is 0 Å². The van der Waals surface area contributed by atoms with E-state index in [1.54, 1.807) is 13.8 Å². The highest BCUT2D eigenvalue weighted by molar-refractivity contribution is 6.07. The summed E-state index contributed by atoms with van der Waals surface area (Å²) in [4.78, 5) is 34.1. The van der Waals surface area contributed by atoms with Gasteiger partial charge >= 0.3 is 11.9 Å². The number of hydrogen-bond acceptors (Lipinski definition) is 6. The summed E-state index contributed by atoms with van der Waals surface area (Å²) in [7, 11) is 0. The van der Waals surface area contributed by atoms with E-state index in [9.17, 15) is 14.4 Å². The highest BCUT2D eigenvalue weighted by Gasteiger charge is 2.40. The minimum atomic E-state index is -1.76. The van der Waals surface area contributed by atoms with E-state index in [-0.39, 0.29) is 26.1 Å². The van der Waals surface area contributed by atoms with Gasteiger partial charge in [0.25, 0.3) is 0 Å². The SMILES string of the molecule is CCOC(=O)CC[C@@](N)(C(C)=O)C(=O)OCC. The van der Waals surface area contributed by atoms with E-state index in [0.717, 1.165) is 0 Å². The van der Waals surface area contributed by atoms with Crippen molar-refractivity contribution in [3.05, 3.63) is 0 Å². The third kappa shape index (κ3) is 4.52. The average molecular weight is 245 g/mol. The van der Waals surface area contributed by atoms with Gasteiger partial charge in [-0.2, -0.15) is 0 Å². The summed E-state index contributed by atoms with van der Waals surface area (Å²) >= 11 is 0. The summed E-state index contributed by atoms with van der Waals surface area (Å²) < 4.78 is 9.42. The van der Waals surface area contributed by atoms with E-state index >= 15 is 0 Å². The number of Topliss-reactive ketones (excluding diaryl/α,β-unsaturated/α-hetero) is 1. The Morgan fingerprint density at radius 3 is 2.06 bits per heavy atom. The van der Waals surface area contributed by atoms with Crippen LogP contribution in [0.2, 0.25) is 0 Å². The topological polar surface area (TPSA) is 95.7 Å². The number of esters is 2. The fourth-order valence-electron chi connectivity index (χ4n) is 1.21. The lowest BCUT2D eigenvalue weighted by molar-refractivity contribution is -0.154. The second-order valence-electron chi connectivity index (χ2n) is 3.55. The van der Waals surface area contributed by atoms with Crippen molar-refractivity contribution in [3.8, 4) is 0 Å². The number of hydrogen-bond donors (Lipinski definition) is 1. The number of carbonyl (C=O) groups excluding carboxylic acids is 3. The van der Waals surface area contributed by atoms with Crippen LogP contribution in [0.25, 0.3) is 0 Å². The first kappa shape index (κ1) is 15.6. The third-order valence-electron chi connectivity index (χ3n) is 2.30. The van der Waals surface area contributed by atoms with Crippen LogP contribution in [0.5, 0.6) is 0 Å². The maximum atomic E-state index is 11.6. The predicted octanol–water partition coefficient (Wildman–Crippen LogP) is 0.179. The Morgan fingerprint density at radius 2 is 1.65 bits per heavy atom. The lowest BCUT2D eigenvalue weighted by atomic mass is 9.90. The fourth-order valence-corrected chi connectivity index (χ4v) is 1.21. The summed E-state index contributed by atoms with van der Waals surface area (Å²) in [6.45, 7) is 4.86. The van der Waals surface area contributed by atoms with E-state index in [1.807, 2.05) is 0 Å². The molecule has 98 valence electrons. The fraction of sp³-hybridized carbons (Fsp3) is 0.727. The van der Waals surface area contributed by atoms with Gasteiger partial charge in [0, 0.05) is 6.42 Å². The van der Waals surface area contributed by atoms with Gasteiger partial charge < -0.3 is 15.2 Å². The highest BCUT2D eigenvalue weighted by Crippen LogP contribution is 2.14. The van der Waals surface area contributed by atoms with Gasteiger partial charge in [-0.05, 0) is 27.2 Å². The number of ketones is 1. The van der Waals surface area contributed by atoms with Crippen LogP contribution in [0.1, 0.15) is 33.6 Å². The Morgan fingerprint density at radius 1 is 1.12 bits per heavy atom. The van der Waals surface area contributed by atoms with Gasteiger partial charge in [-0.1, -0.05) is 0 Å². The maximum Gasteiger partial charge on any atom is 0.333 e. The van der Waals surface area contributed by atoms with E-state index < -0.39 is 23.3 Å². The maximum absolute atomic E-state index is 11.6. The zero-order valence-electron chi connectivity index (χ0n) is 10.4. The van der Waals surface area contributed by atoms with Gasteiger partial charge in [0.1, 0.15) is 0 Å². The molecular weight excluding hydrogens is 226 g/mol. The van der Waals surface area contributed by atoms with Crippen LogP contribution in [0.4, 0.5) is 0 Å². The van der Waals surface area contributed by atoms with Crippen molar-refractivity contribution in [1.29, 1.82) is 0 Å². The molecule has 0 amide bonds. The van der Waals surface area contributed by atoms with Crippen molar-refractivity contribution >= 4 is 17.7 Å². The molecule has 0 unspecified atom stereocenters. The standard InChI is InChI=1S/C11H19NO5/c1-4-16-9(14)6-7-11(12,8(3)13)10(15)17-5-2/h4-7,12H2,1-3H3/t11-/m1/s1. The average Bonchev–Trinajstić information content (AvgIpc) is 2.26. The zero-order chi connectivity index (χ0) is 13.5. The molecule has 17 heavy (non-hydrogen) atoms. The molecule has 6 nitrogen and oxygen atoms in total. The number of nitrogens with two attached hydrogens (primary N) is 1. The molecule has 0 saturated carbocycles. The molecular formula is C11H19NO5. The van der Waals surface area contributed by atoms with E-state index in [4.69, 9.17) is 15.2 Å². The molecule has 0 aliphatic rings. The normalized spacial score (nSPS) is 13.6. The summed E-state index contributed by atoms with van der Waals surface area (Å²) in [5.74, 6) is -1.83. The molecule has 2 N–H and O–H groups in total. The summed E-state index contributed by atoms with van der Waals surface area (Å²) in [6, 6.07) is 0. The number of rotatable bonds is 7. The smallest absolute Gasteiger partial charge is 0.333 e. The predicted molar refractivity (Wildman–Crippen MR) is 60.1 cm³/mol. The first-order chi connectivity index (χ1) is 7.88. The van der Waals surface area contributed by atoms with Crippen molar-refractivity contribution in [3.63, 3.8) is 0 Å². The van der Waals surface area contributed by atoms with Crippen LogP contribution in [0.15, 0.2) is 0 Å². The monoisotopic (exact) mass is 245 g/mol. The second-order valence-corrected chi connectivity index (χ2v) is 3.55. The molecule has 0 aromatic heterocycles. The minimum absolute atomic E-state index is 0.0945. The number of carbonyl (C=O) groups is 3. The Kier molecular flexibility index (Phi) is 6.42. The van der Waals surface area contributed by atoms with Crippen LogP contribution in [-0.4, -0.2) is 36.5 Å². The molecule has 6 heteroatoms. The van der Waals surface area contributed by atoms with Crippen molar-refractivity contribution in [2.45, 2.75) is 39.2 Å². The lowest BCUT2D eigenvalue weighted by Gasteiger charge is -2.23. The largest absolute Gasteiger partial charge is 0.466 e. The molecule has 0 rings (SSSR count). The van der Waals surface area contributed by atoms with Crippen molar-refractivity contribution in [2.24, 2.45) is 5.73 Å². The van der Waals surface area contributed by atoms with Crippen LogP contribution in [-0.2, 0) is 23.9 Å². The number of ether oxygens (including phenoxy) is 2. The van der Waals surface area contributed by atoms with Gasteiger partial charge in [0.2, 0.25) is 0 Å². The van der Waals surface area contributed by atoms with Crippen LogP contribution in [0.3, 0.4) is 0 Å². The van der Waals surface area contributed by atoms with Gasteiger partial charge in [-0.25, -0.2) is 4.79 Å². The van der Waals surface area contributed by atoms with Gasteiger partial charge in [-0.15, -0.1) is 0 Å². The molecule has 0 aromatic carbocycles. The molecule has 0 bridgehead atoms. The highest BCUT2D eigenvalue weighted by atomic mass is 16.5. The molecule has 0 radical (unpaired) electrons. The van der Waals surface area contributed by atoms with Crippen LogP contribution in [0, 0.1) is 0 Å². The second kappa shape index (κ2) is 7.01. The summed E-state index contributed by atoms with van der Waals surface area (Å²) in [5, 5.41) is 0. The summed E-state index contributed by atoms with van der Waals surface area (Å²) in [5.41, 5.74) is 3.92. The minimum Gasteiger partial charge on any atom is -0.466 e. The molecule has 1 atom stereocenters. The Labute approximate surface area is 100 Å². The molecule has 0 aromatic rings. The van der Waals surface area contributed by atoms with Gasteiger partial charge in [0.05, 0.1) is 13.2 Å². The Balaban J connectivity index is 4.57. The van der Waals surface area contributed by atoms with E-state index in [0.29, 0.717) is 0 Å². The lowest BCUT2D eigenvalue weighted by Crippen LogP contribution is -2.55.